The molecule has 1 heterocycles. The second-order valence-electron chi connectivity index (χ2n) is 5.82. The van der Waals surface area contributed by atoms with Crippen LogP contribution in [0.3, 0.4) is 0 Å². The molecule has 5 nitrogen and oxygen atoms in total. The van der Waals surface area contributed by atoms with Crippen molar-refractivity contribution in [1.82, 2.24) is 10.2 Å². The maximum atomic E-state index is 10.6. The SMILES string of the molecule is ClCc1ccccc1.O=C(O)N1C[C@H](CNC2CC2)[C@H](O)C1. The second-order valence-corrected chi connectivity index (χ2v) is 6.08. The van der Waals surface area contributed by atoms with Crippen molar-refractivity contribution in [3.63, 3.8) is 0 Å². The maximum absolute atomic E-state index is 10.6. The zero-order valence-electron chi connectivity index (χ0n) is 12.5. The van der Waals surface area contributed by atoms with Crippen molar-refractivity contribution in [2.45, 2.75) is 30.9 Å². The molecule has 1 aromatic rings. The summed E-state index contributed by atoms with van der Waals surface area (Å²) in [6.07, 6.45) is 0.993. The highest BCUT2D eigenvalue weighted by Gasteiger charge is 2.34. The molecule has 1 saturated heterocycles. The van der Waals surface area contributed by atoms with Gasteiger partial charge in [0.25, 0.3) is 0 Å². The Kier molecular flexibility index (Phi) is 6.49. The molecule has 0 bridgehead atoms. The number of carboxylic acid groups (broad SMARTS) is 1. The van der Waals surface area contributed by atoms with Gasteiger partial charge < -0.3 is 20.4 Å². The molecule has 1 aliphatic carbocycles. The molecule has 1 aromatic carbocycles. The Morgan fingerprint density at radius 3 is 2.41 bits per heavy atom. The number of nitrogens with one attached hydrogen (secondary N) is 1. The zero-order chi connectivity index (χ0) is 15.9. The van der Waals surface area contributed by atoms with Crippen LogP contribution in [0.5, 0.6) is 0 Å². The van der Waals surface area contributed by atoms with Gasteiger partial charge in [-0.15, -0.1) is 11.6 Å². The molecule has 0 spiro atoms. The lowest BCUT2D eigenvalue weighted by Gasteiger charge is -2.13. The second kappa shape index (κ2) is 8.36. The summed E-state index contributed by atoms with van der Waals surface area (Å²) in [5.41, 5.74) is 1.18. The average molecular weight is 327 g/mol. The van der Waals surface area contributed by atoms with Crippen molar-refractivity contribution >= 4 is 17.7 Å². The van der Waals surface area contributed by atoms with Gasteiger partial charge in [0.1, 0.15) is 0 Å². The number of aliphatic hydroxyl groups is 1. The van der Waals surface area contributed by atoms with Crippen molar-refractivity contribution < 1.29 is 15.0 Å². The van der Waals surface area contributed by atoms with E-state index in [-0.39, 0.29) is 12.5 Å². The van der Waals surface area contributed by atoms with E-state index in [1.165, 1.54) is 23.3 Å². The lowest BCUT2D eigenvalue weighted by molar-refractivity contribution is 0.131. The standard InChI is InChI=1S/C9H16N2O3.C7H7Cl/c12-8-5-11(9(13)14)4-6(8)3-10-7-1-2-7;8-6-7-4-2-1-3-5-7/h6-8,10,12H,1-5H2,(H,13,14);1-5H,6H2/t6-,8+;/m0./s1. The molecule has 2 atom stereocenters. The van der Waals surface area contributed by atoms with E-state index >= 15 is 0 Å². The predicted molar refractivity (Wildman–Crippen MR) is 86.1 cm³/mol. The largest absolute Gasteiger partial charge is 0.465 e. The summed E-state index contributed by atoms with van der Waals surface area (Å²) < 4.78 is 0. The van der Waals surface area contributed by atoms with Crippen molar-refractivity contribution in [2.24, 2.45) is 5.92 Å². The summed E-state index contributed by atoms with van der Waals surface area (Å²) in [4.78, 5) is 11.9. The molecule has 3 N–H and O–H groups in total. The minimum atomic E-state index is -0.932. The Morgan fingerprint density at radius 2 is 1.95 bits per heavy atom. The number of β-amino-alcohol motifs (C(OH)–C–C–N with tert-alkyl or cyclic N) is 1. The summed E-state index contributed by atoms with van der Waals surface area (Å²) in [5, 5.41) is 21.6. The highest BCUT2D eigenvalue weighted by atomic mass is 35.5. The van der Waals surface area contributed by atoms with Crippen LogP contribution in [-0.4, -0.2) is 53.0 Å². The van der Waals surface area contributed by atoms with Gasteiger partial charge in [-0.2, -0.15) is 0 Å². The number of hydrogen-bond donors (Lipinski definition) is 3. The van der Waals surface area contributed by atoms with Crippen molar-refractivity contribution in [3.8, 4) is 0 Å². The zero-order valence-corrected chi connectivity index (χ0v) is 13.2. The van der Waals surface area contributed by atoms with E-state index < -0.39 is 12.2 Å². The first-order valence-corrected chi connectivity index (χ1v) is 8.12. The molecule has 1 amide bonds. The Labute approximate surface area is 135 Å². The fraction of sp³-hybridized carbons (Fsp3) is 0.562. The van der Waals surface area contributed by atoms with Gasteiger partial charge in [0, 0.05) is 30.9 Å². The molecule has 2 aliphatic rings. The average Bonchev–Trinajstić information content (AvgIpc) is 3.29. The number of likely N-dealkylation sites (tertiary alicyclic amines) is 1. The van der Waals surface area contributed by atoms with Crippen LogP contribution >= 0.6 is 11.6 Å². The highest BCUT2D eigenvalue weighted by molar-refractivity contribution is 6.17. The third kappa shape index (κ3) is 5.48. The first-order valence-electron chi connectivity index (χ1n) is 7.59. The number of rotatable bonds is 4. The molecule has 0 radical (unpaired) electrons. The van der Waals surface area contributed by atoms with Crippen molar-refractivity contribution in [2.75, 3.05) is 19.6 Å². The third-order valence-electron chi connectivity index (χ3n) is 3.92. The summed E-state index contributed by atoms with van der Waals surface area (Å²) >= 11 is 5.53. The van der Waals surface area contributed by atoms with Gasteiger partial charge in [-0.3, -0.25) is 0 Å². The first-order chi connectivity index (χ1) is 10.6. The van der Waals surface area contributed by atoms with Crippen LogP contribution in [0.25, 0.3) is 0 Å². The van der Waals surface area contributed by atoms with Crippen LogP contribution < -0.4 is 5.32 Å². The van der Waals surface area contributed by atoms with Gasteiger partial charge in [0.05, 0.1) is 12.6 Å². The fourth-order valence-electron chi connectivity index (χ4n) is 2.38. The quantitative estimate of drug-likeness (QED) is 0.741. The molecule has 2 fully saturated rings. The normalized spacial score (nSPS) is 23.8. The van der Waals surface area contributed by atoms with E-state index in [1.54, 1.807) is 0 Å². The number of aliphatic hydroxyl groups excluding tert-OH is 1. The van der Waals surface area contributed by atoms with Gasteiger partial charge in [-0.05, 0) is 18.4 Å². The molecule has 122 valence electrons. The van der Waals surface area contributed by atoms with Gasteiger partial charge in [-0.25, -0.2) is 4.79 Å². The number of alkyl halides is 1. The van der Waals surface area contributed by atoms with Gasteiger partial charge >= 0.3 is 6.09 Å². The molecule has 22 heavy (non-hydrogen) atoms. The molecule has 1 aliphatic heterocycles. The third-order valence-corrected chi connectivity index (χ3v) is 4.23. The van der Waals surface area contributed by atoms with Crippen LogP contribution in [0.4, 0.5) is 4.79 Å². The number of nitrogens with zero attached hydrogens (tertiary/aromatic N) is 1. The monoisotopic (exact) mass is 326 g/mol. The predicted octanol–water partition coefficient (Wildman–Crippen LogP) is 2.13. The maximum Gasteiger partial charge on any atom is 0.407 e. The Hall–Kier alpha value is -1.30. The van der Waals surface area contributed by atoms with Crippen LogP contribution in [0.1, 0.15) is 18.4 Å². The number of amides is 1. The molecule has 0 aromatic heterocycles. The topological polar surface area (TPSA) is 72.8 Å². The van der Waals surface area contributed by atoms with E-state index in [1.807, 2.05) is 30.3 Å². The Morgan fingerprint density at radius 1 is 1.27 bits per heavy atom. The summed E-state index contributed by atoms with van der Waals surface area (Å²) in [6.45, 7) is 1.44. The van der Waals surface area contributed by atoms with Gasteiger partial charge in [0.15, 0.2) is 0 Å². The minimum absolute atomic E-state index is 0.0618. The number of halogens is 1. The van der Waals surface area contributed by atoms with Crippen molar-refractivity contribution in [3.05, 3.63) is 35.9 Å². The fourth-order valence-corrected chi connectivity index (χ4v) is 2.56. The summed E-state index contributed by atoms with van der Waals surface area (Å²) in [7, 11) is 0. The van der Waals surface area contributed by atoms with Crippen LogP contribution in [0.15, 0.2) is 30.3 Å². The van der Waals surface area contributed by atoms with Gasteiger partial charge in [-0.1, -0.05) is 30.3 Å². The lowest BCUT2D eigenvalue weighted by Crippen LogP contribution is -2.31. The number of hydrogen-bond acceptors (Lipinski definition) is 3. The molecular formula is C16H23ClN2O3. The van der Waals surface area contributed by atoms with E-state index in [4.69, 9.17) is 16.7 Å². The van der Waals surface area contributed by atoms with E-state index in [9.17, 15) is 9.90 Å². The smallest absolute Gasteiger partial charge is 0.407 e. The van der Waals surface area contributed by atoms with E-state index in [0.29, 0.717) is 18.5 Å². The molecule has 6 heteroatoms. The minimum Gasteiger partial charge on any atom is -0.465 e. The summed E-state index contributed by atoms with van der Waals surface area (Å²) in [6, 6.07) is 10.6. The molecular weight excluding hydrogens is 304 g/mol. The number of carbonyl (C=O) groups is 1. The van der Waals surface area contributed by atoms with E-state index in [2.05, 4.69) is 5.32 Å². The van der Waals surface area contributed by atoms with Crippen LogP contribution in [0, 0.1) is 5.92 Å². The van der Waals surface area contributed by atoms with E-state index in [0.717, 1.165) is 6.54 Å². The van der Waals surface area contributed by atoms with Crippen LogP contribution in [0.2, 0.25) is 0 Å². The highest BCUT2D eigenvalue weighted by Crippen LogP contribution is 2.21. The summed E-state index contributed by atoms with van der Waals surface area (Å²) in [5.74, 6) is 0.674. The molecule has 0 unspecified atom stereocenters. The van der Waals surface area contributed by atoms with Crippen LogP contribution in [-0.2, 0) is 5.88 Å². The Bertz CT molecular complexity index is 468. The lowest BCUT2D eigenvalue weighted by atomic mass is 10.1. The first kappa shape index (κ1) is 17.1. The van der Waals surface area contributed by atoms with Crippen molar-refractivity contribution in [1.29, 1.82) is 0 Å². The molecule has 3 rings (SSSR count). The van der Waals surface area contributed by atoms with Gasteiger partial charge in [0.2, 0.25) is 0 Å². The molecule has 1 saturated carbocycles. The Balaban J connectivity index is 0.000000188. The number of benzene rings is 1.